The Morgan fingerprint density at radius 1 is 1.17 bits per heavy atom. The van der Waals surface area contributed by atoms with Gasteiger partial charge in [0.05, 0.1) is 12.1 Å². The first-order valence-corrected chi connectivity index (χ1v) is 9.54. The van der Waals surface area contributed by atoms with Crippen molar-refractivity contribution in [1.29, 1.82) is 0 Å². The van der Waals surface area contributed by atoms with Gasteiger partial charge in [-0.05, 0) is 45.4 Å². The zero-order chi connectivity index (χ0) is 17.3. The van der Waals surface area contributed by atoms with E-state index in [1.54, 1.807) is 0 Å². The summed E-state index contributed by atoms with van der Waals surface area (Å²) >= 11 is 0. The molecule has 0 bridgehead atoms. The molecule has 0 aromatic carbocycles. The number of hydrogen-bond donors (Lipinski definition) is 3. The Hall–Kier alpha value is -1.30. The molecule has 2 aliphatic rings. The van der Waals surface area contributed by atoms with Crippen molar-refractivity contribution in [1.82, 2.24) is 16.0 Å². The molecule has 1 saturated heterocycles. The smallest absolute Gasteiger partial charge is 0.220 e. The maximum atomic E-state index is 11.9. The van der Waals surface area contributed by atoms with Crippen LogP contribution in [0.1, 0.15) is 58.8 Å². The zero-order valence-electron chi connectivity index (χ0n) is 15.3. The molecule has 1 saturated carbocycles. The lowest BCUT2D eigenvalue weighted by Crippen LogP contribution is -2.42. The zero-order valence-corrected chi connectivity index (χ0v) is 15.3. The highest BCUT2D eigenvalue weighted by Gasteiger charge is 2.29. The maximum absolute atomic E-state index is 11.9. The van der Waals surface area contributed by atoms with Crippen LogP contribution in [0.25, 0.3) is 0 Å². The molecule has 0 spiro atoms. The van der Waals surface area contributed by atoms with Crippen LogP contribution in [-0.4, -0.2) is 50.3 Å². The Bertz CT molecular complexity index is 413. The van der Waals surface area contributed by atoms with E-state index < -0.39 is 0 Å². The van der Waals surface area contributed by atoms with Gasteiger partial charge < -0.3 is 20.7 Å². The van der Waals surface area contributed by atoms with Gasteiger partial charge >= 0.3 is 0 Å². The predicted molar refractivity (Wildman–Crippen MR) is 97.2 cm³/mol. The summed E-state index contributed by atoms with van der Waals surface area (Å²) in [5.41, 5.74) is -0.127. The van der Waals surface area contributed by atoms with Gasteiger partial charge in [0, 0.05) is 32.7 Å². The minimum absolute atomic E-state index is 0.127. The monoisotopic (exact) mass is 338 g/mol. The van der Waals surface area contributed by atoms with Crippen molar-refractivity contribution in [2.75, 3.05) is 32.8 Å². The van der Waals surface area contributed by atoms with Gasteiger partial charge in [-0.25, -0.2) is 0 Å². The molecule has 0 aromatic heterocycles. The van der Waals surface area contributed by atoms with E-state index in [2.05, 4.69) is 27.9 Å². The summed E-state index contributed by atoms with van der Waals surface area (Å²) in [4.78, 5) is 16.5. The minimum atomic E-state index is -0.127. The largest absolute Gasteiger partial charge is 0.373 e. The van der Waals surface area contributed by atoms with Gasteiger partial charge in [0.25, 0.3) is 0 Å². The van der Waals surface area contributed by atoms with Gasteiger partial charge in [-0.1, -0.05) is 12.8 Å². The fraction of sp³-hybridized carbons (Fsp3) is 0.889. The molecular formula is C18H34N4O2. The lowest BCUT2D eigenvalue weighted by molar-refractivity contribution is -0.121. The highest BCUT2D eigenvalue weighted by atomic mass is 16.5. The quantitative estimate of drug-likeness (QED) is 0.358. The molecule has 1 unspecified atom stereocenters. The van der Waals surface area contributed by atoms with Gasteiger partial charge in [0.15, 0.2) is 5.96 Å². The van der Waals surface area contributed by atoms with Crippen LogP contribution in [0.5, 0.6) is 0 Å². The average Bonchev–Trinajstić information content (AvgIpc) is 3.21. The van der Waals surface area contributed by atoms with Crippen LogP contribution in [0.4, 0.5) is 0 Å². The van der Waals surface area contributed by atoms with Crippen molar-refractivity contribution in [2.24, 2.45) is 10.9 Å². The van der Waals surface area contributed by atoms with Crippen LogP contribution in [-0.2, 0) is 9.53 Å². The topological polar surface area (TPSA) is 74.8 Å². The summed E-state index contributed by atoms with van der Waals surface area (Å²) in [6.45, 7) is 7.80. The molecule has 3 N–H and O–H groups in total. The van der Waals surface area contributed by atoms with E-state index in [9.17, 15) is 4.79 Å². The molecule has 6 nitrogen and oxygen atoms in total. The third-order valence-electron chi connectivity index (χ3n) is 4.90. The molecule has 0 aromatic rings. The Morgan fingerprint density at radius 3 is 2.58 bits per heavy atom. The molecule has 1 amide bonds. The maximum Gasteiger partial charge on any atom is 0.220 e. The standard InChI is InChI=1S/C18H34N4O2/c1-3-19-17(22-14-18(2)9-6-12-24-18)21-11-10-20-16(23)13-15-7-4-5-8-15/h15H,3-14H2,1-2H3,(H,20,23)(H2,19,21,22). The van der Waals surface area contributed by atoms with E-state index in [0.717, 1.165) is 32.0 Å². The van der Waals surface area contributed by atoms with Gasteiger partial charge in [0.1, 0.15) is 0 Å². The summed E-state index contributed by atoms with van der Waals surface area (Å²) in [5, 5.41) is 9.52. The third-order valence-corrected chi connectivity index (χ3v) is 4.90. The van der Waals surface area contributed by atoms with Crippen LogP contribution < -0.4 is 16.0 Å². The number of amides is 1. The van der Waals surface area contributed by atoms with Crippen molar-refractivity contribution < 1.29 is 9.53 Å². The first-order valence-electron chi connectivity index (χ1n) is 9.54. The van der Waals surface area contributed by atoms with Crippen LogP contribution in [0.15, 0.2) is 4.99 Å². The predicted octanol–water partition coefficient (Wildman–Crippen LogP) is 1.81. The van der Waals surface area contributed by atoms with Crippen LogP contribution >= 0.6 is 0 Å². The second-order valence-electron chi connectivity index (χ2n) is 7.23. The number of nitrogens with zero attached hydrogens (tertiary/aromatic N) is 1. The van der Waals surface area contributed by atoms with E-state index in [0.29, 0.717) is 32.0 Å². The number of hydrogen-bond acceptors (Lipinski definition) is 3. The lowest BCUT2D eigenvalue weighted by Gasteiger charge is -2.21. The molecule has 138 valence electrons. The van der Waals surface area contributed by atoms with Crippen molar-refractivity contribution in [3.63, 3.8) is 0 Å². The molecule has 1 aliphatic heterocycles. The molecule has 24 heavy (non-hydrogen) atoms. The van der Waals surface area contributed by atoms with Crippen molar-refractivity contribution >= 4 is 11.9 Å². The number of carbonyl (C=O) groups excluding carboxylic acids is 1. The first kappa shape index (κ1) is 19.0. The number of ether oxygens (including phenoxy) is 1. The lowest BCUT2D eigenvalue weighted by atomic mass is 10.0. The van der Waals surface area contributed by atoms with Crippen molar-refractivity contribution in [2.45, 2.75) is 64.4 Å². The normalized spacial score (nSPS) is 25.0. The highest BCUT2D eigenvalue weighted by molar-refractivity contribution is 5.80. The van der Waals surface area contributed by atoms with E-state index in [-0.39, 0.29) is 11.5 Å². The van der Waals surface area contributed by atoms with Crippen molar-refractivity contribution in [3.05, 3.63) is 0 Å². The molecule has 0 radical (unpaired) electrons. The fourth-order valence-corrected chi connectivity index (χ4v) is 3.48. The first-order chi connectivity index (χ1) is 11.6. The fourth-order valence-electron chi connectivity index (χ4n) is 3.48. The number of carbonyl (C=O) groups is 1. The summed E-state index contributed by atoms with van der Waals surface area (Å²) in [7, 11) is 0. The summed E-state index contributed by atoms with van der Waals surface area (Å²) in [6.07, 6.45) is 7.85. The summed E-state index contributed by atoms with van der Waals surface area (Å²) < 4.78 is 5.77. The van der Waals surface area contributed by atoms with E-state index in [1.807, 2.05) is 6.92 Å². The molecular weight excluding hydrogens is 304 g/mol. The minimum Gasteiger partial charge on any atom is -0.373 e. The molecule has 1 aliphatic carbocycles. The highest BCUT2D eigenvalue weighted by Crippen LogP contribution is 2.27. The molecule has 2 fully saturated rings. The van der Waals surface area contributed by atoms with Crippen LogP contribution in [0, 0.1) is 5.92 Å². The van der Waals surface area contributed by atoms with Gasteiger partial charge in [-0.3, -0.25) is 9.79 Å². The van der Waals surface area contributed by atoms with E-state index in [1.165, 1.54) is 25.7 Å². The summed E-state index contributed by atoms with van der Waals surface area (Å²) in [6, 6.07) is 0. The molecule has 2 rings (SSSR count). The Balaban J connectivity index is 1.64. The second kappa shape index (κ2) is 9.87. The summed E-state index contributed by atoms with van der Waals surface area (Å²) in [5.74, 6) is 1.57. The van der Waals surface area contributed by atoms with E-state index in [4.69, 9.17) is 4.74 Å². The Labute approximate surface area is 146 Å². The number of nitrogens with one attached hydrogen (secondary N) is 3. The van der Waals surface area contributed by atoms with E-state index >= 15 is 0 Å². The van der Waals surface area contributed by atoms with Gasteiger partial charge in [-0.15, -0.1) is 0 Å². The SMILES string of the molecule is CCNC(=NCC1(C)CCCO1)NCCNC(=O)CC1CCCC1. The molecule has 1 heterocycles. The van der Waals surface area contributed by atoms with Crippen molar-refractivity contribution in [3.8, 4) is 0 Å². The van der Waals surface area contributed by atoms with Crippen LogP contribution in [0.2, 0.25) is 0 Å². The number of guanidine groups is 1. The van der Waals surface area contributed by atoms with Gasteiger partial charge in [0.2, 0.25) is 5.91 Å². The Morgan fingerprint density at radius 2 is 1.92 bits per heavy atom. The van der Waals surface area contributed by atoms with Gasteiger partial charge in [-0.2, -0.15) is 0 Å². The number of aliphatic imine (C=N–C) groups is 1. The third kappa shape index (κ3) is 6.67. The molecule has 1 atom stereocenters. The Kier molecular flexibility index (Phi) is 7.82. The number of rotatable bonds is 8. The second-order valence-corrected chi connectivity index (χ2v) is 7.23. The average molecular weight is 338 g/mol. The van der Waals surface area contributed by atoms with Crippen LogP contribution in [0.3, 0.4) is 0 Å². The molecule has 6 heteroatoms.